The molecule has 0 aliphatic heterocycles. The predicted molar refractivity (Wildman–Crippen MR) is 78.5 cm³/mol. The van der Waals surface area contributed by atoms with Gasteiger partial charge in [0.05, 0.1) is 11.8 Å². The molecule has 0 amide bonds. The highest BCUT2D eigenvalue weighted by atomic mass is 32.2. The maximum atomic E-state index is 10.8. The highest BCUT2D eigenvalue weighted by Gasteiger charge is 2.32. The van der Waals surface area contributed by atoms with Gasteiger partial charge < -0.3 is 5.11 Å². The van der Waals surface area contributed by atoms with Crippen LogP contribution in [0.15, 0.2) is 22.7 Å². The van der Waals surface area contributed by atoms with Gasteiger partial charge in [0, 0.05) is 10.8 Å². The molecule has 1 unspecified atom stereocenters. The molecule has 0 bridgehead atoms. The average molecular weight is 309 g/mol. The van der Waals surface area contributed by atoms with Crippen molar-refractivity contribution in [1.29, 1.82) is 0 Å². The Labute approximate surface area is 125 Å². The van der Waals surface area contributed by atoms with Crippen molar-refractivity contribution in [1.82, 2.24) is 14.8 Å². The molecule has 106 valence electrons. The van der Waals surface area contributed by atoms with Crippen LogP contribution >= 0.6 is 23.1 Å². The van der Waals surface area contributed by atoms with Crippen molar-refractivity contribution in [3.63, 3.8) is 0 Å². The molecular formula is C13H15N3O2S2. The fourth-order valence-electron chi connectivity index (χ4n) is 2.15. The lowest BCUT2D eigenvalue weighted by Gasteiger charge is -2.16. The van der Waals surface area contributed by atoms with E-state index in [1.54, 1.807) is 11.3 Å². The molecule has 20 heavy (non-hydrogen) atoms. The first-order valence-corrected chi connectivity index (χ1v) is 8.36. The molecular weight excluding hydrogens is 294 g/mol. The Hall–Kier alpha value is -1.34. The van der Waals surface area contributed by atoms with Gasteiger partial charge in [-0.15, -0.1) is 21.5 Å². The van der Waals surface area contributed by atoms with E-state index >= 15 is 0 Å². The van der Waals surface area contributed by atoms with Crippen LogP contribution in [0.5, 0.6) is 0 Å². The van der Waals surface area contributed by atoms with Gasteiger partial charge in [0.1, 0.15) is 5.82 Å². The predicted octanol–water partition coefficient (Wildman–Crippen LogP) is 3.00. The van der Waals surface area contributed by atoms with Crippen LogP contribution in [0.4, 0.5) is 0 Å². The molecule has 1 saturated carbocycles. The number of nitrogens with zero attached hydrogens (tertiary/aromatic N) is 3. The molecule has 1 atom stereocenters. The van der Waals surface area contributed by atoms with Crippen molar-refractivity contribution in [2.24, 2.45) is 0 Å². The van der Waals surface area contributed by atoms with E-state index in [-0.39, 0.29) is 11.8 Å². The molecule has 7 heteroatoms. The number of aliphatic carboxylic acids is 1. The normalized spacial score (nSPS) is 16.2. The number of aromatic nitrogens is 3. The molecule has 1 aliphatic rings. The lowest BCUT2D eigenvalue weighted by molar-refractivity contribution is -0.133. The van der Waals surface area contributed by atoms with Gasteiger partial charge in [0.2, 0.25) is 0 Å². The first kappa shape index (κ1) is 13.6. The summed E-state index contributed by atoms with van der Waals surface area (Å²) in [4.78, 5) is 12.0. The fourth-order valence-corrected chi connectivity index (χ4v) is 3.67. The van der Waals surface area contributed by atoms with Crippen LogP contribution in [-0.4, -0.2) is 31.6 Å². The van der Waals surface area contributed by atoms with Gasteiger partial charge in [-0.05, 0) is 31.2 Å². The minimum Gasteiger partial charge on any atom is -0.481 e. The standard InChI is InChI=1S/C13H15N3O2S2/c1-8(10-3-2-6-19-10)16-12(9-4-5-9)14-15-13(16)20-7-11(17)18/h2-3,6,8-9H,4-5,7H2,1H3,(H,17,18). The van der Waals surface area contributed by atoms with E-state index in [2.05, 4.69) is 33.1 Å². The number of carboxylic acid groups (broad SMARTS) is 1. The summed E-state index contributed by atoms with van der Waals surface area (Å²) >= 11 is 2.94. The molecule has 1 fully saturated rings. The van der Waals surface area contributed by atoms with E-state index in [9.17, 15) is 4.79 Å². The molecule has 0 aromatic carbocycles. The minimum atomic E-state index is -0.832. The summed E-state index contributed by atoms with van der Waals surface area (Å²) in [5.41, 5.74) is 0. The van der Waals surface area contributed by atoms with Crippen LogP contribution in [0.2, 0.25) is 0 Å². The second-order valence-electron chi connectivity index (χ2n) is 4.86. The summed E-state index contributed by atoms with van der Waals surface area (Å²) < 4.78 is 2.11. The molecule has 0 spiro atoms. The number of carbonyl (C=O) groups is 1. The Morgan fingerprint density at radius 2 is 2.40 bits per heavy atom. The van der Waals surface area contributed by atoms with Gasteiger partial charge in [-0.2, -0.15) is 0 Å². The third-order valence-electron chi connectivity index (χ3n) is 3.30. The molecule has 2 aromatic rings. The maximum absolute atomic E-state index is 10.8. The number of thioether (sulfide) groups is 1. The van der Waals surface area contributed by atoms with Gasteiger partial charge in [0.25, 0.3) is 0 Å². The van der Waals surface area contributed by atoms with Crippen LogP contribution < -0.4 is 0 Å². The van der Waals surface area contributed by atoms with Crippen molar-refractivity contribution >= 4 is 29.1 Å². The minimum absolute atomic E-state index is 0.0138. The molecule has 0 saturated heterocycles. The number of carboxylic acids is 1. The van der Waals surface area contributed by atoms with Crippen LogP contribution in [0.1, 0.15) is 42.4 Å². The summed E-state index contributed by atoms with van der Waals surface area (Å²) in [6, 6.07) is 4.27. The molecule has 2 heterocycles. The van der Waals surface area contributed by atoms with E-state index in [1.807, 2.05) is 6.07 Å². The summed E-state index contributed by atoms with van der Waals surface area (Å²) in [7, 11) is 0. The summed E-state index contributed by atoms with van der Waals surface area (Å²) in [5, 5.41) is 20.1. The van der Waals surface area contributed by atoms with Crippen molar-refractivity contribution < 1.29 is 9.90 Å². The van der Waals surface area contributed by atoms with Crippen molar-refractivity contribution in [3.05, 3.63) is 28.2 Å². The third-order valence-corrected chi connectivity index (χ3v) is 5.27. The monoisotopic (exact) mass is 309 g/mol. The Morgan fingerprint density at radius 1 is 1.60 bits per heavy atom. The zero-order valence-electron chi connectivity index (χ0n) is 11.0. The number of thiophene rings is 1. The molecule has 1 aliphatic carbocycles. The second-order valence-corrected chi connectivity index (χ2v) is 6.78. The zero-order chi connectivity index (χ0) is 14.1. The van der Waals surface area contributed by atoms with E-state index in [0.29, 0.717) is 11.1 Å². The van der Waals surface area contributed by atoms with Crippen molar-refractivity contribution in [3.8, 4) is 0 Å². The highest BCUT2D eigenvalue weighted by Crippen LogP contribution is 2.42. The highest BCUT2D eigenvalue weighted by molar-refractivity contribution is 7.99. The topological polar surface area (TPSA) is 68.0 Å². The fraction of sp³-hybridized carbons (Fsp3) is 0.462. The summed E-state index contributed by atoms with van der Waals surface area (Å²) in [5.74, 6) is 0.670. The quantitative estimate of drug-likeness (QED) is 0.831. The van der Waals surface area contributed by atoms with Crippen LogP contribution in [0.3, 0.4) is 0 Å². The third kappa shape index (κ3) is 2.73. The van der Waals surface area contributed by atoms with Crippen LogP contribution in [-0.2, 0) is 4.79 Å². The zero-order valence-corrected chi connectivity index (χ0v) is 12.7. The van der Waals surface area contributed by atoms with E-state index in [1.165, 1.54) is 16.6 Å². The van der Waals surface area contributed by atoms with Crippen LogP contribution in [0, 0.1) is 0 Å². The summed E-state index contributed by atoms with van der Waals surface area (Å²) in [6.45, 7) is 2.12. The van der Waals surface area contributed by atoms with E-state index in [0.717, 1.165) is 18.7 Å². The molecule has 2 aromatic heterocycles. The molecule has 1 N–H and O–H groups in total. The Balaban J connectivity index is 1.92. The van der Waals surface area contributed by atoms with E-state index in [4.69, 9.17) is 5.11 Å². The number of hydrogen-bond donors (Lipinski definition) is 1. The van der Waals surface area contributed by atoms with Gasteiger partial charge in [-0.3, -0.25) is 9.36 Å². The lowest BCUT2D eigenvalue weighted by atomic mass is 10.2. The van der Waals surface area contributed by atoms with Crippen molar-refractivity contribution in [2.45, 2.75) is 36.9 Å². The summed E-state index contributed by atoms with van der Waals surface area (Å²) in [6.07, 6.45) is 2.30. The van der Waals surface area contributed by atoms with E-state index < -0.39 is 5.97 Å². The Kier molecular flexibility index (Phi) is 3.80. The number of rotatable bonds is 6. The van der Waals surface area contributed by atoms with Gasteiger partial charge in [0.15, 0.2) is 5.16 Å². The van der Waals surface area contributed by atoms with Gasteiger partial charge >= 0.3 is 5.97 Å². The average Bonchev–Trinajstić information content (AvgIpc) is 2.97. The largest absolute Gasteiger partial charge is 0.481 e. The number of hydrogen-bond acceptors (Lipinski definition) is 5. The molecule has 3 rings (SSSR count). The van der Waals surface area contributed by atoms with Gasteiger partial charge in [-0.25, -0.2) is 0 Å². The first-order chi connectivity index (χ1) is 9.66. The lowest BCUT2D eigenvalue weighted by Crippen LogP contribution is -2.11. The molecule has 5 nitrogen and oxygen atoms in total. The first-order valence-electron chi connectivity index (χ1n) is 6.49. The Bertz CT molecular complexity index is 605. The van der Waals surface area contributed by atoms with Crippen molar-refractivity contribution in [2.75, 3.05) is 5.75 Å². The molecule has 0 radical (unpaired) electrons. The SMILES string of the molecule is CC(c1cccs1)n1c(SCC(=O)O)nnc1C1CC1. The second kappa shape index (κ2) is 5.57. The van der Waals surface area contributed by atoms with Gasteiger partial charge in [-0.1, -0.05) is 17.8 Å². The smallest absolute Gasteiger partial charge is 0.313 e. The van der Waals surface area contributed by atoms with Crippen LogP contribution in [0.25, 0.3) is 0 Å². The Morgan fingerprint density at radius 3 is 3.00 bits per heavy atom. The maximum Gasteiger partial charge on any atom is 0.313 e.